The van der Waals surface area contributed by atoms with Crippen LogP contribution in [0.3, 0.4) is 0 Å². The minimum absolute atomic E-state index is 0.338. The van der Waals surface area contributed by atoms with Gasteiger partial charge in [-0.05, 0) is 39.7 Å². The van der Waals surface area contributed by atoms with Crippen LogP contribution in [-0.4, -0.2) is 30.0 Å². The van der Waals surface area contributed by atoms with Crippen molar-refractivity contribution in [2.24, 2.45) is 0 Å². The van der Waals surface area contributed by atoms with E-state index in [4.69, 9.17) is 14.3 Å². The molecule has 0 aromatic heterocycles. The summed E-state index contributed by atoms with van der Waals surface area (Å²) in [5, 5.41) is 8.68. The minimum Gasteiger partial charge on any atom is -0.322 e. The summed E-state index contributed by atoms with van der Waals surface area (Å²) in [5.41, 5.74) is 1.26. The van der Waals surface area contributed by atoms with Gasteiger partial charge in [-0.3, -0.25) is 0 Å². The molecule has 0 amide bonds. The van der Waals surface area contributed by atoms with Crippen LogP contribution in [0.25, 0.3) is 0 Å². The molecule has 1 rings (SSSR count). The molecule has 0 saturated carbocycles. The maximum atomic E-state index is 8.68. The Morgan fingerprint density at radius 3 is 2.18 bits per heavy atom. The highest BCUT2D eigenvalue weighted by molar-refractivity contribution is 7.44. The van der Waals surface area contributed by atoms with Crippen LogP contribution in [0.15, 0.2) is 30.3 Å². The third kappa shape index (κ3) is 6.85. The molecule has 122 valence electrons. The molecule has 0 heterocycles. The fourth-order valence-corrected chi connectivity index (χ4v) is 3.79. The van der Waals surface area contributed by atoms with Crippen molar-refractivity contribution < 1.29 is 9.05 Å². The Morgan fingerprint density at radius 2 is 1.64 bits per heavy atom. The Morgan fingerprint density at radius 1 is 1.05 bits per heavy atom. The van der Waals surface area contributed by atoms with Gasteiger partial charge in [0.15, 0.2) is 0 Å². The van der Waals surface area contributed by atoms with E-state index in [9.17, 15) is 0 Å². The van der Waals surface area contributed by atoms with E-state index in [-0.39, 0.29) is 0 Å². The van der Waals surface area contributed by atoms with Gasteiger partial charge in [-0.15, -0.1) is 0 Å². The second-order valence-electron chi connectivity index (χ2n) is 5.62. The standard InChI is InChI=1S/C17H27N2O2P/c1-15(2)19(16(3)4)22(20-13-8-12-18)21-14-11-17-9-6-5-7-10-17/h5-7,9-10,15-16H,8,11,13-14H2,1-4H3. The maximum Gasteiger partial charge on any atom is 0.259 e. The summed E-state index contributed by atoms with van der Waals surface area (Å²) in [6.45, 7) is 9.61. The van der Waals surface area contributed by atoms with Crippen LogP contribution in [-0.2, 0) is 15.5 Å². The quantitative estimate of drug-likeness (QED) is 0.469. The van der Waals surface area contributed by atoms with Gasteiger partial charge in [-0.2, -0.15) is 5.26 Å². The number of nitrogens with zero attached hydrogens (tertiary/aromatic N) is 2. The molecule has 5 heteroatoms. The molecule has 1 atom stereocenters. The number of hydrogen-bond donors (Lipinski definition) is 0. The van der Waals surface area contributed by atoms with Crippen LogP contribution in [0.1, 0.15) is 39.7 Å². The van der Waals surface area contributed by atoms with E-state index >= 15 is 0 Å². The molecule has 0 saturated heterocycles. The predicted molar refractivity (Wildman–Crippen MR) is 91.3 cm³/mol. The van der Waals surface area contributed by atoms with Crippen LogP contribution in [0.2, 0.25) is 0 Å². The van der Waals surface area contributed by atoms with Gasteiger partial charge in [-0.25, -0.2) is 4.67 Å². The van der Waals surface area contributed by atoms with Crippen molar-refractivity contribution in [1.82, 2.24) is 4.67 Å². The van der Waals surface area contributed by atoms with Gasteiger partial charge in [0, 0.05) is 12.1 Å². The lowest BCUT2D eigenvalue weighted by molar-refractivity contribution is 0.177. The number of benzene rings is 1. The second kappa shape index (κ2) is 10.7. The lowest BCUT2D eigenvalue weighted by Gasteiger charge is -2.35. The Labute approximate surface area is 136 Å². The van der Waals surface area contributed by atoms with Crippen LogP contribution in [0, 0.1) is 11.3 Å². The SMILES string of the molecule is CC(C)N(C(C)C)P(OCCC#N)OCCc1ccccc1. The van der Waals surface area contributed by atoms with Crippen LogP contribution in [0.5, 0.6) is 0 Å². The number of rotatable bonds is 10. The number of nitriles is 1. The van der Waals surface area contributed by atoms with Crippen molar-refractivity contribution in [3.8, 4) is 6.07 Å². The summed E-state index contributed by atoms with van der Waals surface area (Å²) in [5.74, 6) is 0. The summed E-state index contributed by atoms with van der Waals surface area (Å²) in [6, 6.07) is 13.1. The summed E-state index contributed by atoms with van der Waals surface area (Å²) in [4.78, 5) is 0. The lowest BCUT2D eigenvalue weighted by atomic mass is 10.2. The molecule has 0 aliphatic carbocycles. The fraction of sp³-hybridized carbons (Fsp3) is 0.588. The van der Waals surface area contributed by atoms with E-state index in [0.29, 0.717) is 31.7 Å². The highest BCUT2D eigenvalue weighted by Crippen LogP contribution is 2.45. The smallest absolute Gasteiger partial charge is 0.259 e. The van der Waals surface area contributed by atoms with Gasteiger partial charge in [-0.1, -0.05) is 30.3 Å². The van der Waals surface area contributed by atoms with Crippen LogP contribution >= 0.6 is 8.53 Å². The Hall–Kier alpha value is -0.980. The second-order valence-corrected chi connectivity index (χ2v) is 7.07. The molecule has 4 nitrogen and oxygen atoms in total. The van der Waals surface area contributed by atoms with Gasteiger partial charge in [0.1, 0.15) is 0 Å². The molecule has 0 N–H and O–H groups in total. The van der Waals surface area contributed by atoms with Crippen molar-refractivity contribution in [1.29, 1.82) is 5.26 Å². The average Bonchev–Trinajstić information content (AvgIpc) is 2.47. The van der Waals surface area contributed by atoms with E-state index in [2.05, 4.69) is 50.6 Å². The van der Waals surface area contributed by atoms with Crippen LogP contribution < -0.4 is 0 Å². The summed E-state index contributed by atoms with van der Waals surface area (Å²) >= 11 is 0. The zero-order valence-corrected chi connectivity index (χ0v) is 14.9. The highest BCUT2D eigenvalue weighted by atomic mass is 31.2. The first-order valence-corrected chi connectivity index (χ1v) is 8.94. The van der Waals surface area contributed by atoms with E-state index in [1.807, 2.05) is 18.2 Å². The molecule has 0 spiro atoms. The average molecular weight is 322 g/mol. The van der Waals surface area contributed by atoms with E-state index in [0.717, 1.165) is 6.42 Å². The first kappa shape index (κ1) is 19.1. The Balaban J connectivity index is 2.58. The first-order chi connectivity index (χ1) is 10.6. The maximum absolute atomic E-state index is 8.68. The fourth-order valence-electron chi connectivity index (χ4n) is 2.20. The van der Waals surface area contributed by atoms with Crippen LogP contribution in [0.4, 0.5) is 0 Å². The lowest BCUT2D eigenvalue weighted by Crippen LogP contribution is -2.33. The van der Waals surface area contributed by atoms with Gasteiger partial charge in [0.2, 0.25) is 0 Å². The van der Waals surface area contributed by atoms with Gasteiger partial charge < -0.3 is 9.05 Å². The zero-order valence-electron chi connectivity index (χ0n) is 14.0. The van der Waals surface area contributed by atoms with Crippen molar-refractivity contribution in [2.75, 3.05) is 13.2 Å². The molecule has 0 bridgehead atoms. The molecular weight excluding hydrogens is 295 g/mol. The molecule has 0 radical (unpaired) electrons. The molecule has 0 aliphatic rings. The number of hydrogen-bond acceptors (Lipinski definition) is 4. The third-order valence-corrected chi connectivity index (χ3v) is 5.21. The summed E-state index contributed by atoms with van der Waals surface area (Å²) in [7, 11) is -1.13. The third-order valence-electron chi connectivity index (χ3n) is 3.10. The van der Waals surface area contributed by atoms with Crippen molar-refractivity contribution >= 4 is 8.53 Å². The van der Waals surface area contributed by atoms with Crippen molar-refractivity contribution in [3.05, 3.63) is 35.9 Å². The molecule has 1 aromatic rings. The highest BCUT2D eigenvalue weighted by Gasteiger charge is 2.26. The molecule has 0 fully saturated rings. The van der Waals surface area contributed by atoms with E-state index in [1.165, 1.54) is 5.56 Å². The molecule has 0 aliphatic heterocycles. The summed E-state index contributed by atoms with van der Waals surface area (Å²) in [6.07, 6.45) is 1.26. The largest absolute Gasteiger partial charge is 0.322 e. The van der Waals surface area contributed by atoms with Gasteiger partial charge in [0.05, 0.1) is 25.7 Å². The predicted octanol–water partition coefficient (Wildman–Crippen LogP) is 4.52. The summed E-state index contributed by atoms with van der Waals surface area (Å²) < 4.78 is 14.1. The molecule has 1 aromatic carbocycles. The van der Waals surface area contributed by atoms with Gasteiger partial charge >= 0.3 is 0 Å². The van der Waals surface area contributed by atoms with E-state index in [1.54, 1.807) is 0 Å². The molecule has 22 heavy (non-hydrogen) atoms. The van der Waals surface area contributed by atoms with Crippen molar-refractivity contribution in [2.45, 2.75) is 52.6 Å². The molecule has 1 unspecified atom stereocenters. The first-order valence-electron chi connectivity index (χ1n) is 7.81. The topological polar surface area (TPSA) is 45.5 Å². The Kier molecular flexibility index (Phi) is 9.27. The monoisotopic (exact) mass is 322 g/mol. The Bertz CT molecular complexity index is 438. The molecular formula is C17H27N2O2P. The minimum atomic E-state index is -1.13. The normalized spacial score (nSPS) is 12.8. The zero-order chi connectivity index (χ0) is 16.4. The van der Waals surface area contributed by atoms with Crippen molar-refractivity contribution in [3.63, 3.8) is 0 Å². The van der Waals surface area contributed by atoms with Gasteiger partial charge in [0.25, 0.3) is 8.53 Å². The van der Waals surface area contributed by atoms with E-state index < -0.39 is 8.53 Å².